The Kier molecular flexibility index (Phi) is 8.64. The van der Waals surface area contributed by atoms with E-state index in [4.69, 9.17) is 23.2 Å². The SMILES string of the molecule is CC(NC(=O)[C@@H]1CCCC[C@@H]1C(=O)c1ccccc1)C(Cc1ccc(Cl)cc1)c1ccc(Cl)cc1. The van der Waals surface area contributed by atoms with E-state index in [0.29, 0.717) is 15.6 Å². The third-order valence-electron chi connectivity index (χ3n) is 7.14. The van der Waals surface area contributed by atoms with Gasteiger partial charge in [-0.2, -0.15) is 0 Å². The second kappa shape index (κ2) is 11.9. The first-order valence-corrected chi connectivity index (χ1v) is 13.1. The van der Waals surface area contributed by atoms with Gasteiger partial charge in [0.15, 0.2) is 5.78 Å². The molecule has 4 atom stereocenters. The lowest BCUT2D eigenvalue weighted by Crippen LogP contribution is -2.45. The smallest absolute Gasteiger partial charge is 0.224 e. The second-order valence-electron chi connectivity index (χ2n) is 9.51. The number of nitrogens with one attached hydrogen (secondary N) is 1. The van der Waals surface area contributed by atoms with Crippen LogP contribution in [0.3, 0.4) is 0 Å². The van der Waals surface area contributed by atoms with Crippen molar-refractivity contribution in [2.24, 2.45) is 11.8 Å². The Labute approximate surface area is 217 Å². The molecule has 0 bridgehead atoms. The summed E-state index contributed by atoms with van der Waals surface area (Å²) in [6, 6.07) is 24.9. The monoisotopic (exact) mass is 507 g/mol. The van der Waals surface area contributed by atoms with Gasteiger partial charge >= 0.3 is 0 Å². The van der Waals surface area contributed by atoms with Crippen LogP contribution < -0.4 is 5.32 Å². The number of Topliss-reactive ketones (excluding diaryl/α,β-unsaturated/α-hetero) is 1. The molecule has 0 spiro atoms. The zero-order valence-corrected chi connectivity index (χ0v) is 21.4. The minimum Gasteiger partial charge on any atom is -0.353 e. The van der Waals surface area contributed by atoms with E-state index < -0.39 is 0 Å². The minimum absolute atomic E-state index is 0.0263. The summed E-state index contributed by atoms with van der Waals surface area (Å²) >= 11 is 12.2. The van der Waals surface area contributed by atoms with Crippen molar-refractivity contribution in [3.63, 3.8) is 0 Å². The second-order valence-corrected chi connectivity index (χ2v) is 10.4. The topological polar surface area (TPSA) is 46.2 Å². The fourth-order valence-electron chi connectivity index (χ4n) is 5.17. The van der Waals surface area contributed by atoms with Crippen molar-refractivity contribution in [2.75, 3.05) is 0 Å². The molecule has 0 aliphatic heterocycles. The average Bonchev–Trinajstić information content (AvgIpc) is 2.89. The van der Waals surface area contributed by atoms with Crippen molar-refractivity contribution in [3.05, 3.63) is 106 Å². The number of halogens is 2. The molecule has 0 radical (unpaired) electrons. The van der Waals surface area contributed by atoms with Gasteiger partial charge in [-0.3, -0.25) is 9.59 Å². The Bertz CT molecular complexity index is 1130. The average molecular weight is 508 g/mol. The van der Waals surface area contributed by atoms with Crippen molar-refractivity contribution >= 4 is 34.9 Å². The zero-order chi connectivity index (χ0) is 24.8. The van der Waals surface area contributed by atoms with Crippen LogP contribution in [-0.2, 0) is 11.2 Å². The molecule has 1 aliphatic carbocycles. The molecular weight excluding hydrogens is 477 g/mol. The number of ketones is 1. The van der Waals surface area contributed by atoms with Gasteiger partial charge in [-0.05, 0) is 61.6 Å². The highest BCUT2D eigenvalue weighted by Gasteiger charge is 2.37. The molecule has 182 valence electrons. The highest BCUT2D eigenvalue weighted by molar-refractivity contribution is 6.30. The van der Waals surface area contributed by atoms with E-state index in [2.05, 4.69) is 5.32 Å². The number of benzene rings is 3. The Morgan fingerprint density at radius 1 is 0.829 bits per heavy atom. The number of carbonyl (C=O) groups excluding carboxylic acids is 2. The molecule has 0 aromatic heterocycles. The van der Waals surface area contributed by atoms with Crippen LogP contribution >= 0.6 is 23.2 Å². The van der Waals surface area contributed by atoms with E-state index in [9.17, 15) is 9.59 Å². The first kappa shape index (κ1) is 25.5. The maximum atomic E-state index is 13.5. The molecule has 0 heterocycles. The van der Waals surface area contributed by atoms with Crippen LogP contribution in [0.15, 0.2) is 78.9 Å². The standard InChI is InChI=1S/C30H31Cl2NO2/c1-20(28(22-13-17-25(32)18-14-22)19-21-11-15-24(31)16-12-21)33-30(35)27-10-6-5-9-26(27)29(34)23-7-3-2-4-8-23/h2-4,7-8,11-18,20,26-28H,5-6,9-10,19H2,1H3,(H,33,35)/t20?,26-,27+,28?/m0/s1. The third kappa shape index (κ3) is 6.54. The van der Waals surface area contributed by atoms with Gasteiger partial charge in [0.25, 0.3) is 0 Å². The number of rotatable bonds is 8. The zero-order valence-electron chi connectivity index (χ0n) is 19.9. The molecule has 3 aromatic carbocycles. The van der Waals surface area contributed by atoms with Gasteiger partial charge in [0.1, 0.15) is 0 Å². The van der Waals surface area contributed by atoms with Crippen molar-refractivity contribution in [1.29, 1.82) is 0 Å². The summed E-state index contributed by atoms with van der Waals surface area (Å²) in [5, 5.41) is 4.66. The number of amides is 1. The Balaban J connectivity index is 1.53. The van der Waals surface area contributed by atoms with Crippen molar-refractivity contribution in [3.8, 4) is 0 Å². The highest BCUT2D eigenvalue weighted by atomic mass is 35.5. The molecule has 1 saturated carbocycles. The lowest BCUT2D eigenvalue weighted by atomic mass is 9.74. The van der Waals surface area contributed by atoms with Crippen LogP contribution in [0.4, 0.5) is 0 Å². The summed E-state index contributed by atoms with van der Waals surface area (Å²) in [6.07, 6.45) is 4.19. The highest BCUT2D eigenvalue weighted by Crippen LogP contribution is 2.34. The normalized spacial score (nSPS) is 19.5. The Morgan fingerprint density at radius 2 is 1.40 bits per heavy atom. The molecule has 5 heteroatoms. The number of hydrogen-bond acceptors (Lipinski definition) is 2. The van der Waals surface area contributed by atoms with Crippen LogP contribution in [0, 0.1) is 11.8 Å². The molecule has 1 amide bonds. The van der Waals surface area contributed by atoms with Gasteiger partial charge in [0.2, 0.25) is 5.91 Å². The van der Waals surface area contributed by atoms with Gasteiger partial charge in [-0.1, -0.05) is 90.6 Å². The molecule has 35 heavy (non-hydrogen) atoms. The van der Waals surface area contributed by atoms with Crippen LogP contribution in [0.5, 0.6) is 0 Å². The summed E-state index contributed by atoms with van der Waals surface area (Å²) in [7, 11) is 0. The van der Waals surface area contributed by atoms with Crippen LogP contribution in [0.1, 0.15) is 60.0 Å². The summed E-state index contributed by atoms with van der Waals surface area (Å²) < 4.78 is 0. The van der Waals surface area contributed by atoms with Crippen LogP contribution in [0.2, 0.25) is 10.0 Å². The van der Waals surface area contributed by atoms with Gasteiger partial charge in [-0.25, -0.2) is 0 Å². The van der Waals surface area contributed by atoms with E-state index in [1.165, 1.54) is 0 Å². The number of carbonyl (C=O) groups is 2. The molecule has 1 fully saturated rings. The molecule has 3 nitrogen and oxygen atoms in total. The minimum atomic E-state index is -0.305. The predicted molar refractivity (Wildman–Crippen MR) is 143 cm³/mol. The van der Waals surface area contributed by atoms with E-state index in [-0.39, 0.29) is 35.5 Å². The molecule has 0 saturated heterocycles. The summed E-state index contributed by atoms with van der Waals surface area (Å²) in [5.74, 6) is -0.483. The maximum absolute atomic E-state index is 13.5. The lowest BCUT2D eigenvalue weighted by Gasteiger charge is -2.32. The van der Waals surface area contributed by atoms with E-state index in [1.807, 2.05) is 85.8 Å². The molecular formula is C30H31Cl2NO2. The van der Waals surface area contributed by atoms with Gasteiger partial charge in [0.05, 0.1) is 0 Å². The number of hydrogen-bond donors (Lipinski definition) is 1. The van der Waals surface area contributed by atoms with E-state index in [1.54, 1.807) is 0 Å². The molecule has 4 rings (SSSR count). The summed E-state index contributed by atoms with van der Waals surface area (Å²) in [4.78, 5) is 26.8. The fraction of sp³-hybridized carbons (Fsp3) is 0.333. The van der Waals surface area contributed by atoms with E-state index in [0.717, 1.165) is 43.2 Å². The summed E-state index contributed by atoms with van der Waals surface area (Å²) in [6.45, 7) is 2.05. The van der Waals surface area contributed by atoms with Gasteiger partial charge in [0, 0.05) is 39.4 Å². The molecule has 1 aliphatic rings. The van der Waals surface area contributed by atoms with Crippen LogP contribution in [0.25, 0.3) is 0 Å². The maximum Gasteiger partial charge on any atom is 0.224 e. The molecule has 3 aromatic rings. The van der Waals surface area contributed by atoms with Crippen molar-refractivity contribution in [1.82, 2.24) is 5.32 Å². The van der Waals surface area contributed by atoms with E-state index >= 15 is 0 Å². The van der Waals surface area contributed by atoms with Crippen LogP contribution in [-0.4, -0.2) is 17.7 Å². The largest absolute Gasteiger partial charge is 0.353 e. The third-order valence-corrected chi connectivity index (χ3v) is 7.64. The predicted octanol–water partition coefficient (Wildman–Crippen LogP) is 7.51. The van der Waals surface area contributed by atoms with Gasteiger partial charge < -0.3 is 5.32 Å². The first-order chi connectivity index (χ1) is 16.9. The van der Waals surface area contributed by atoms with Crippen molar-refractivity contribution in [2.45, 2.75) is 51.0 Å². The fourth-order valence-corrected chi connectivity index (χ4v) is 5.43. The first-order valence-electron chi connectivity index (χ1n) is 12.3. The Hall–Kier alpha value is -2.62. The quantitative estimate of drug-likeness (QED) is 0.320. The van der Waals surface area contributed by atoms with Gasteiger partial charge in [-0.15, -0.1) is 0 Å². The molecule has 2 unspecified atom stereocenters. The lowest BCUT2D eigenvalue weighted by molar-refractivity contribution is -0.128. The Morgan fingerprint density at radius 3 is 2.03 bits per heavy atom. The summed E-state index contributed by atoms with van der Waals surface area (Å²) in [5.41, 5.74) is 2.94. The van der Waals surface area contributed by atoms with Crippen molar-refractivity contribution < 1.29 is 9.59 Å². The molecule has 1 N–H and O–H groups in total.